The van der Waals surface area contributed by atoms with Gasteiger partial charge in [-0.25, -0.2) is 9.37 Å². The van der Waals surface area contributed by atoms with Crippen molar-refractivity contribution in [1.29, 1.82) is 0 Å². The largest absolute Gasteiger partial charge is 0.368 e. The van der Waals surface area contributed by atoms with Crippen LogP contribution in [0.4, 0.5) is 16.2 Å². The maximum atomic E-state index is 13.6. The van der Waals surface area contributed by atoms with Gasteiger partial charge in [-0.2, -0.15) is 4.98 Å². The van der Waals surface area contributed by atoms with E-state index in [1.54, 1.807) is 17.5 Å². The molecular formula is C20H25FN6S. The molecule has 0 aliphatic carbocycles. The third-order valence-corrected chi connectivity index (χ3v) is 6.37. The predicted molar refractivity (Wildman–Crippen MR) is 112 cm³/mol. The normalized spacial score (nSPS) is 15.4. The number of nitrogens with one attached hydrogen (secondary N) is 1. The number of rotatable bonds is 6. The summed E-state index contributed by atoms with van der Waals surface area (Å²) in [4.78, 5) is 15.2. The monoisotopic (exact) mass is 400 g/mol. The highest BCUT2D eigenvalue weighted by atomic mass is 32.1. The van der Waals surface area contributed by atoms with Crippen LogP contribution in [0.1, 0.15) is 30.4 Å². The van der Waals surface area contributed by atoms with E-state index in [0.29, 0.717) is 24.0 Å². The van der Waals surface area contributed by atoms with Gasteiger partial charge in [-0.15, -0.1) is 11.3 Å². The fraction of sp³-hybridized carbons (Fsp3) is 0.450. The van der Waals surface area contributed by atoms with Crippen LogP contribution in [0.25, 0.3) is 10.2 Å². The van der Waals surface area contributed by atoms with E-state index >= 15 is 0 Å². The van der Waals surface area contributed by atoms with Gasteiger partial charge < -0.3 is 16.0 Å². The zero-order chi connectivity index (χ0) is 19.5. The van der Waals surface area contributed by atoms with Gasteiger partial charge in [0.05, 0.1) is 10.2 Å². The number of pyridine rings is 1. The molecule has 0 bridgehead atoms. The first kappa shape index (κ1) is 19.0. The predicted octanol–water partition coefficient (Wildman–Crippen LogP) is 3.31. The number of nitrogens with zero attached hydrogens (tertiary/aromatic N) is 4. The number of hydrogen-bond acceptors (Lipinski definition) is 7. The Hall–Kier alpha value is -2.32. The summed E-state index contributed by atoms with van der Waals surface area (Å²) in [6.45, 7) is 4.82. The second kappa shape index (κ2) is 8.36. The van der Waals surface area contributed by atoms with Crippen molar-refractivity contribution in [2.24, 2.45) is 0 Å². The van der Waals surface area contributed by atoms with Crippen molar-refractivity contribution in [3.8, 4) is 0 Å². The highest BCUT2D eigenvalue weighted by Gasteiger charge is 2.23. The molecule has 0 unspecified atom stereocenters. The number of halogens is 1. The summed E-state index contributed by atoms with van der Waals surface area (Å²) in [7, 11) is 0. The van der Waals surface area contributed by atoms with E-state index in [-0.39, 0.29) is 5.82 Å². The number of aryl methyl sites for hydroxylation is 2. The lowest BCUT2D eigenvalue weighted by atomic mass is 10.0. The lowest BCUT2D eigenvalue weighted by Gasteiger charge is -2.33. The summed E-state index contributed by atoms with van der Waals surface area (Å²) < 4.78 is 14.8. The molecule has 0 atom stereocenters. The Morgan fingerprint density at radius 1 is 1.32 bits per heavy atom. The van der Waals surface area contributed by atoms with Gasteiger partial charge in [0.1, 0.15) is 5.82 Å². The molecule has 4 rings (SSSR count). The van der Waals surface area contributed by atoms with Gasteiger partial charge in [-0.1, -0.05) is 0 Å². The first-order valence-electron chi connectivity index (χ1n) is 9.70. The number of piperidine rings is 1. The van der Waals surface area contributed by atoms with E-state index in [9.17, 15) is 4.39 Å². The smallest absolute Gasteiger partial charge is 0.222 e. The molecule has 0 saturated carbocycles. The van der Waals surface area contributed by atoms with Gasteiger partial charge in [0, 0.05) is 37.1 Å². The summed E-state index contributed by atoms with van der Waals surface area (Å²) >= 11 is 1.69. The molecule has 0 radical (unpaired) electrons. The molecule has 4 heterocycles. The minimum Gasteiger partial charge on any atom is -0.368 e. The molecule has 28 heavy (non-hydrogen) atoms. The van der Waals surface area contributed by atoms with Crippen molar-refractivity contribution in [2.45, 2.75) is 38.6 Å². The highest BCUT2D eigenvalue weighted by Crippen LogP contribution is 2.33. The van der Waals surface area contributed by atoms with Crippen LogP contribution in [0, 0.1) is 12.7 Å². The first-order valence-corrected chi connectivity index (χ1v) is 10.6. The van der Waals surface area contributed by atoms with Crippen LogP contribution in [0.5, 0.6) is 0 Å². The van der Waals surface area contributed by atoms with Crippen molar-refractivity contribution in [3.63, 3.8) is 0 Å². The van der Waals surface area contributed by atoms with Gasteiger partial charge >= 0.3 is 0 Å². The minimum atomic E-state index is -0.164. The van der Waals surface area contributed by atoms with Crippen molar-refractivity contribution in [1.82, 2.24) is 20.3 Å². The van der Waals surface area contributed by atoms with E-state index < -0.39 is 0 Å². The van der Waals surface area contributed by atoms with Crippen molar-refractivity contribution in [3.05, 3.63) is 40.8 Å². The maximum absolute atomic E-state index is 13.6. The van der Waals surface area contributed by atoms with Crippen LogP contribution in [0.2, 0.25) is 0 Å². The summed E-state index contributed by atoms with van der Waals surface area (Å²) in [6, 6.07) is 1.90. The Labute approximate surface area is 168 Å². The molecule has 0 spiro atoms. The lowest BCUT2D eigenvalue weighted by molar-refractivity contribution is 0.411. The standard InChI is InChI=1S/C20H25FN6S/c1-13-12-28-18-17(13)25-20(22)26-19(18)27-9-5-15(6-10-27)24-7-2-3-14-11-23-8-4-16(14)21/h4,8,11-12,15,24H,2-3,5-7,9-10H2,1H3,(H2,22,25,26). The van der Waals surface area contributed by atoms with E-state index in [0.717, 1.165) is 60.5 Å². The average molecular weight is 401 g/mol. The number of nitrogens with two attached hydrogens (primary N) is 1. The number of nitrogen functional groups attached to an aromatic ring is 1. The third kappa shape index (κ3) is 4.07. The molecule has 8 heteroatoms. The van der Waals surface area contributed by atoms with Gasteiger partial charge in [0.15, 0.2) is 5.82 Å². The Morgan fingerprint density at radius 2 is 2.14 bits per heavy atom. The molecule has 3 N–H and O–H groups in total. The van der Waals surface area contributed by atoms with Crippen LogP contribution in [-0.4, -0.2) is 40.6 Å². The Bertz CT molecular complexity index is 951. The van der Waals surface area contributed by atoms with Crippen LogP contribution < -0.4 is 16.0 Å². The number of fused-ring (bicyclic) bond motifs is 1. The molecule has 3 aromatic heterocycles. The van der Waals surface area contributed by atoms with Crippen LogP contribution >= 0.6 is 11.3 Å². The van der Waals surface area contributed by atoms with Crippen LogP contribution in [-0.2, 0) is 6.42 Å². The summed E-state index contributed by atoms with van der Waals surface area (Å²) in [5.74, 6) is 1.14. The zero-order valence-electron chi connectivity index (χ0n) is 16.0. The van der Waals surface area contributed by atoms with Crippen molar-refractivity contribution < 1.29 is 4.39 Å². The van der Waals surface area contributed by atoms with Crippen molar-refractivity contribution >= 4 is 33.3 Å². The third-order valence-electron chi connectivity index (χ3n) is 5.29. The minimum absolute atomic E-state index is 0.164. The summed E-state index contributed by atoms with van der Waals surface area (Å²) in [5.41, 5.74) is 8.75. The molecule has 1 aliphatic heterocycles. The lowest BCUT2D eigenvalue weighted by Crippen LogP contribution is -2.43. The maximum Gasteiger partial charge on any atom is 0.222 e. The number of anilines is 2. The Morgan fingerprint density at radius 3 is 2.93 bits per heavy atom. The molecule has 3 aromatic rings. The molecule has 0 amide bonds. The Balaban J connectivity index is 1.29. The topological polar surface area (TPSA) is 80.0 Å². The van der Waals surface area contributed by atoms with Gasteiger partial charge in [0.2, 0.25) is 5.95 Å². The van der Waals surface area contributed by atoms with Crippen LogP contribution in [0.3, 0.4) is 0 Å². The van der Waals surface area contributed by atoms with Crippen molar-refractivity contribution in [2.75, 3.05) is 30.3 Å². The van der Waals surface area contributed by atoms with Gasteiger partial charge in [0.25, 0.3) is 0 Å². The van der Waals surface area contributed by atoms with E-state index in [1.807, 2.05) is 0 Å². The number of thiophene rings is 1. The molecule has 0 aromatic carbocycles. The zero-order valence-corrected chi connectivity index (χ0v) is 16.8. The van der Waals surface area contributed by atoms with Gasteiger partial charge in [-0.05, 0) is 56.2 Å². The summed E-state index contributed by atoms with van der Waals surface area (Å²) in [5, 5.41) is 5.72. The quantitative estimate of drug-likeness (QED) is 0.618. The SMILES string of the molecule is Cc1csc2c(N3CCC(NCCCc4cnccc4F)CC3)nc(N)nc12. The fourth-order valence-corrected chi connectivity index (χ4v) is 4.73. The van der Waals surface area contributed by atoms with Crippen LogP contribution in [0.15, 0.2) is 23.8 Å². The fourth-order valence-electron chi connectivity index (χ4n) is 3.72. The molecule has 1 aliphatic rings. The Kier molecular flexibility index (Phi) is 5.68. The second-order valence-corrected chi connectivity index (χ2v) is 8.17. The second-order valence-electron chi connectivity index (χ2n) is 7.29. The molecular weight excluding hydrogens is 375 g/mol. The number of aromatic nitrogens is 3. The highest BCUT2D eigenvalue weighted by molar-refractivity contribution is 7.18. The first-order chi connectivity index (χ1) is 13.6. The van der Waals surface area contributed by atoms with E-state index in [4.69, 9.17) is 5.73 Å². The van der Waals surface area contributed by atoms with E-state index in [2.05, 4.69) is 37.5 Å². The molecule has 6 nitrogen and oxygen atoms in total. The molecule has 148 valence electrons. The number of hydrogen-bond donors (Lipinski definition) is 2. The molecule has 1 fully saturated rings. The van der Waals surface area contributed by atoms with E-state index in [1.165, 1.54) is 12.3 Å². The van der Waals surface area contributed by atoms with Gasteiger partial charge in [-0.3, -0.25) is 4.98 Å². The molecule has 1 saturated heterocycles. The summed E-state index contributed by atoms with van der Waals surface area (Å²) in [6.07, 6.45) is 6.82. The average Bonchev–Trinajstić information content (AvgIpc) is 3.07.